The standard InChI is InChI=1S/C78H73N4O2.Pt/c1-48(2)59-21-18-22-60(49(3)4)72(59)52-42-56(80-47-81(67-26-16-15-25-66(67)80)74-61(50-28-32-53(33-29-50)76(5,6)7)23-19-24-62(74)51-30-34-54(35-31-51)77(8,9)10)45-58(43-52)83-57-36-37-65-69(46-57)82(71-44-55(40-41-79-71)78(11,12)13)68-39-38-64-63-20-14-17-27-70(63)84-75(64)73(65)68;/h14-44,47-49H,1-13H3;/q-3;. The molecular weight excluding hydrogens is 1220 g/mol. The molecule has 0 fully saturated rings. The zero-order valence-electron chi connectivity index (χ0n) is 51.1. The summed E-state index contributed by atoms with van der Waals surface area (Å²) < 4.78 is 16.2. The minimum Gasteiger partial charge on any atom is -0.509 e. The third-order valence-electron chi connectivity index (χ3n) is 17.0. The molecule has 0 aliphatic carbocycles. The number of nitrogens with zero attached hydrogens (tertiary/aromatic N) is 4. The fourth-order valence-corrected chi connectivity index (χ4v) is 12.4. The van der Waals surface area contributed by atoms with Gasteiger partial charge in [-0.15, -0.1) is 48.3 Å². The molecule has 0 N–H and O–H groups in total. The van der Waals surface area contributed by atoms with Crippen LogP contribution in [0.15, 0.2) is 193 Å². The second-order valence-corrected chi connectivity index (χ2v) is 26.5. The van der Waals surface area contributed by atoms with E-state index in [1.807, 2.05) is 24.4 Å². The maximum atomic E-state index is 7.25. The second kappa shape index (κ2) is 21.7. The number of furan rings is 1. The van der Waals surface area contributed by atoms with Crippen molar-refractivity contribution in [2.45, 2.75) is 118 Å². The molecule has 1 aliphatic rings. The van der Waals surface area contributed by atoms with Crippen molar-refractivity contribution in [3.8, 4) is 50.7 Å². The Morgan fingerprint density at radius 2 is 1.08 bits per heavy atom. The number of aromatic nitrogens is 2. The summed E-state index contributed by atoms with van der Waals surface area (Å²) in [7, 11) is 0. The molecule has 9 aromatic carbocycles. The van der Waals surface area contributed by atoms with E-state index in [9.17, 15) is 0 Å². The quantitative estimate of drug-likeness (QED) is 0.128. The number of hydrogen-bond donors (Lipinski definition) is 0. The van der Waals surface area contributed by atoms with E-state index in [-0.39, 0.29) is 49.1 Å². The monoisotopic (exact) mass is 1290 g/mol. The van der Waals surface area contributed by atoms with Gasteiger partial charge in [0.25, 0.3) is 0 Å². The van der Waals surface area contributed by atoms with E-state index in [4.69, 9.17) is 14.1 Å². The van der Waals surface area contributed by atoms with Gasteiger partial charge in [0.15, 0.2) is 0 Å². The molecule has 0 radical (unpaired) electrons. The van der Waals surface area contributed by atoms with E-state index < -0.39 is 0 Å². The summed E-state index contributed by atoms with van der Waals surface area (Å²) in [4.78, 5) is 9.73. The SMILES string of the molecule is CC(C)c1cccc(C(C)C)c1-c1cc(Oc2[c-]c3c(cc2)c2c4oc5ccccc5c4ccc2n3-c2cc(C(C)(C)C)ccn2)[c-]c(N2[CH-]N(c3c(-c4ccc(C(C)(C)C)cc4)cccc3-c3ccc(C(C)(C)C)cc3)c3ccccc32)c1.[Pt]. The smallest absolute Gasteiger partial charge is 0.135 e. The average Bonchev–Trinajstić information content (AvgIpc) is 1.81. The molecule has 4 heterocycles. The molecule has 85 heavy (non-hydrogen) atoms. The van der Waals surface area contributed by atoms with E-state index in [1.54, 1.807) is 0 Å². The molecule has 0 spiro atoms. The number of ether oxygens (including phenoxy) is 1. The molecule has 0 saturated heterocycles. The minimum atomic E-state index is -0.102. The molecule has 1 aliphatic heterocycles. The van der Waals surface area contributed by atoms with Crippen LogP contribution in [0.4, 0.5) is 22.7 Å². The molecule has 13 rings (SSSR count). The summed E-state index contributed by atoms with van der Waals surface area (Å²) in [5, 5.41) is 4.15. The molecule has 6 nitrogen and oxygen atoms in total. The van der Waals surface area contributed by atoms with E-state index in [0.29, 0.717) is 11.5 Å². The van der Waals surface area contributed by atoms with Crippen molar-refractivity contribution in [2.75, 3.05) is 9.80 Å². The number of anilines is 4. The Bertz CT molecular complexity index is 4400. The van der Waals surface area contributed by atoms with Gasteiger partial charge in [-0.1, -0.05) is 216 Å². The van der Waals surface area contributed by atoms with Gasteiger partial charge in [0, 0.05) is 83.2 Å². The van der Waals surface area contributed by atoms with Crippen molar-refractivity contribution < 1.29 is 30.2 Å². The molecule has 0 bridgehead atoms. The van der Waals surface area contributed by atoms with Gasteiger partial charge in [0.1, 0.15) is 17.0 Å². The molecule has 430 valence electrons. The Balaban J connectivity index is 0.00000709. The molecule has 0 amide bonds. The van der Waals surface area contributed by atoms with Crippen molar-refractivity contribution in [1.82, 2.24) is 9.55 Å². The largest absolute Gasteiger partial charge is 0.509 e. The van der Waals surface area contributed by atoms with Crippen LogP contribution in [0.2, 0.25) is 0 Å². The van der Waals surface area contributed by atoms with Crippen LogP contribution in [0.3, 0.4) is 0 Å². The molecule has 0 unspecified atom stereocenters. The van der Waals surface area contributed by atoms with Gasteiger partial charge in [0.2, 0.25) is 0 Å². The number of para-hydroxylation sites is 4. The Morgan fingerprint density at radius 3 is 1.69 bits per heavy atom. The number of pyridine rings is 1. The summed E-state index contributed by atoms with van der Waals surface area (Å²) in [6.45, 7) is 31.8. The van der Waals surface area contributed by atoms with Crippen LogP contribution in [0, 0.1) is 18.8 Å². The Labute approximate surface area is 516 Å². The van der Waals surface area contributed by atoms with E-state index in [2.05, 4.69) is 287 Å². The maximum Gasteiger partial charge on any atom is 0.135 e. The summed E-state index contributed by atoms with van der Waals surface area (Å²) >= 11 is 0. The fourth-order valence-electron chi connectivity index (χ4n) is 12.4. The van der Waals surface area contributed by atoms with Gasteiger partial charge >= 0.3 is 0 Å². The first-order valence-corrected chi connectivity index (χ1v) is 29.7. The zero-order valence-corrected chi connectivity index (χ0v) is 53.3. The second-order valence-electron chi connectivity index (χ2n) is 26.5. The number of fused-ring (bicyclic) bond motifs is 8. The van der Waals surface area contributed by atoms with Crippen LogP contribution in [0.25, 0.3) is 82.9 Å². The normalized spacial score (nSPS) is 13.0. The van der Waals surface area contributed by atoms with Crippen LogP contribution in [0.5, 0.6) is 11.5 Å². The van der Waals surface area contributed by atoms with Gasteiger partial charge in [0.05, 0.1) is 0 Å². The number of rotatable bonds is 10. The Hall–Kier alpha value is -8.18. The first-order valence-electron chi connectivity index (χ1n) is 29.7. The van der Waals surface area contributed by atoms with Gasteiger partial charge < -0.3 is 23.5 Å². The van der Waals surface area contributed by atoms with Crippen molar-refractivity contribution in [3.05, 3.63) is 235 Å². The van der Waals surface area contributed by atoms with Gasteiger partial charge in [-0.2, -0.15) is 6.07 Å². The number of benzene rings is 9. The van der Waals surface area contributed by atoms with E-state index in [0.717, 1.165) is 100 Å². The van der Waals surface area contributed by atoms with Crippen molar-refractivity contribution >= 4 is 66.5 Å². The summed E-state index contributed by atoms with van der Waals surface area (Å²) in [6.07, 6.45) is 1.92. The van der Waals surface area contributed by atoms with Crippen molar-refractivity contribution in [3.63, 3.8) is 0 Å². The minimum absolute atomic E-state index is 0. The molecule has 12 aromatic rings. The third-order valence-corrected chi connectivity index (χ3v) is 17.0. The molecule has 0 atom stereocenters. The van der Waals surface area contributed by atoms with Crippen LogP contribution in [0.1, 0.15) is 130 Å². The summed E-state index contributed by atoms with van der Waals surface area (Å²) in [5.41, 5.74) is 20.7. The first kappa shape index (κ1) is 57.3. The van der Waals surface area contributed by atoms with E-state index >= 15 is 0 Å². The van der Waals surface area contributed by atoms with Crippen LogP contribution in [-0.4, -0.2) is 9.55 Å². The predicted octanol–water partition coefficient (Wildman–Crippen LogP) is 22.0. The molecule has 7 heteroatoms. The average molecular weight is 1290 g/mol. The third kappa shape index (κ3) is 10.3. The van der Waals surface area contributed by atoms with Crippen LogP contribution >= 0.6 is 0 Å². The Kier molecular flexibility index (Phi) is 14.6. The Morgan fingerprint density at radius 1 is 0.506 bits per heavy atom. The summed E-state index contributed by atoms with van der Waals surface area (Å²) in [5.74, 6) is 2.45. The topological polar surface area (TPSA) is 46.7 Å². The van der Waals surface area contributed by atoms with Gasteiger partial charge in [-0.25, -0.2) is 4.98 Å². The van der Waals surface area contributed by atoms with Gasteiger partial charge in [-0.3, -0.25) is 0 Å². The maximum absolute atomic E-state index is 7.25. The summed E-state index contributed by atoms with van der Waals surface area (Å²) in [6, 6.07) is 73.9. The van der Waals surface area contributed by atoms with E-state index in [1.165, 1.54) is 33.4 Å². The van der Waals surface area contributed by atoms with Gasteiger partial charge in [-0.05, 0) is 120 Å². The van der Waals surface area contributed by atoms with Crippen molar-refractivity contribution in [1.29, 1.82) is 0 Å². The predicted molar refractivity (Wildman–Crippen MR) is 352 cm³/mol. The zero-order chi connectivity index (χ0) is 58.6. The number of hydrogen-bond acceptors (Lipinski definition) is 5. The fraction of sp³-hybridized carbons (Fsp3) is 0.231. The first-order chi connectivity index (χ1) is 40.2. The van der Waals surface area contributed by atoms with Crippen LogP contribution < -0.4 is 14.5 Å². The van der Waals surface area contributed by atoms with Crippen LogP contribution in [-0.2, 0) is 37.3 Å². The molecular formula is C78H73N4O2Pt-3. The molecule has 3 aromatic heterocycles. The van der Waals surface area contributed by atoms with Crippen molar-refractivity contribution in [2.24, 2.45) is 0 Å². The molecule has 0 saturated carbocycles.